The molecule has 0 saturated carbocycles. The van der Waals surface area contributed by atoms with E-state index in [9.17, 15) is 0 Å². The van der Waals surface area contributed by atoms with E-state index in [2.05, 4.69) is 21.0 Å². The Bertz CT molecular complexity index is 730. The predicted molar refractivity (Wildman–Crippen MR) is 83.5 cm³/mol. The Balaban J connectivity index is 2.00. The second-order valence-corrected chi connectivity index (χ2v) is 4.92. The van der Waals surface area contributed by atoms with Crippen LogP contribution < -0.4 is 20.9 Å². The largest absolute Gasteiger partial charge is 0.481 e. The Labute approximate surface area is 128 Å². The number of anilines is 2. The third-order valence-corrected chi connectivity index (χ3v) is 3.46. The predicted octanol–water partition coefficient (Wildman–Crippen LogP) is 2.40. The summed E-state index contributed by atoms with van der Waals surface area (Å²) >= 11 is 0. The van der Waals surface area contributed by atoms with Crippen molar-refractivity contribution in [2.45, 2.75) is 19.3 Å². The molecule has 4 N–H and O–H groups in total. The molecule has 7 heteroatoms. The van der Waals surface area contributed by atoms with Crippen LogP contribution in [0, 0.1) is 0 Å². The number of nitrogens with two attached hydrogens (primary N) is 2. The smallest absolute Gasteiger partial charge is 0.222 e. The molecule has 0 atom stereocenters. The molecule has 0 aromatic carbocycles. The summed E-state index contributed by atoms with van der Waals surface area (Å²) in [7, 11) is 1.56. The van der Waals surface area contributed by atoms with Gasteiger partial charge in [0.25, 0.3) is 0 Å². The van der Waals surface area contributed by atoms with Gasteiger partial charge in [-0.2, -0.15) is 4.98 Å². The summed E-state index contributed by atoms with van der Waals surface area (Å²) in [5.74, 6) is 1.72. The highest BCUT2D eigenvalue weighted by molar-refractivity contribution is 5.72. The fourth-order valence-corrected chi connectivity index (χ4v) is 2.37. The standard InChI is InChI=1S/C15H17N5O2/c1-21-13-6-11(10(7-18-13)9-4-2-3-5-9)22-12-8-19-15(17)20-14(12)16/h4,6-8H,2-3,5H2,1H3,(H4,16,17,19,20). The van der Waals surface area contributed by atoms with Crippen LogP contribution in [0.2, 0.25) is 0 Å². The molecular formula is C15H17N5O2. The van der Waals surface area contributed by atoms with Crippen LogP contribution in [0.25, 0.3) is 5.57 Å². The number of hydrogen-bond donors (Lipinski definition) is 2. The summed E-state index contributed by atoms with van der Waals surface area (Å²) in [4.78, 5) is 12.1. The fraction of sp³-hybridized carbons (Fsp3) is 0.267. The minimum Gasteiger partial charge on any atom is -0.481 e. The molecule has 22 heavy (non-hydrogen) atoms. The van der Waals surface area contributed by atoms with Crippen LogP contribution in [-0.2, 0) is 0 Å². The molecule has 0 spiro atoms. The summed E-state index contributed by atoms with van der Waals surface area (Å²) < 4.78 is 11.1. The van der Waals surface area contributed by atoms with Crippen molar-refractivity contribution in [3.05, 3.63) is 30.1 Å². The van der Waals surface area contributed by atoms with Crippen molar-refractivity contribution in [2.24, 2.45) is 0 Å². The molecule has 1 aliphatic carbocycles. The summed E-state index contributed by atoms with van der Waals surface area (Å²) in [5.41, 5.74) is 13.5. The van der Waals surface area contributed by atoms with Crippen LogP contribution in [0.3, 0.4) is 0 Å². The number of aromatic nitrogens is 3. The number of pyridine rings is 1. The lowest BCUT2D eigenvalue weighted by Crippen LogP contribution is -2.02. The van der Waals surface area contributed by atoms with Crippen molar-refractivity contribution in [2.75, 3.05) is 18.6 Å². The average molecular weight is 299 g/mol. The molecule has 0 amide bonds. The zero-order valence-electron chi connectivity index (χ0n) is 12.2. The van der Waals surface area contributed by atoms with Gasteiger partial charge in [-0.3, -0.25) is 0 Å². The number of allylic oxidation sites excluding steroid dienone is 2. The number of nitrogen functional groups attached to an aromatic ring is 2. The Morgan fingerprint density at radius 1 is 1.14 bits per heavy atom. The van der Waals surface area contributed by atoms with E-state index in [1.807, 2.05) is 0 Å². The number of ether oxygens (including phenoxy) is 2. The summed E-state index contributed by atoms with van der Waals surface area (Å²) in [6.07, 6.45) is 8.59. The SMILES string of the molecule is COc1cc(Oc2cnc(N)nc2N)c(C2=CCCC2)cn1. The average Bonchev–Trinajstić information content (AvgIpc) is 3.04. The van der Waals surface area contributed by atoms with E-state index in [0.29, 0.717) is 17.4 Å². The first-order valence-electron chi connectivity index (χ1n) is 6.96. The zero-order valence-corrected chi connectivity index (χ0v) is 12.2. The first kappa shape index (κ1) is 14.1. The fourth-order valence-electron chi connectivity index (χ4n) is 2.37. The quantitative estimate of drug-likeness (QED) is 0.892. The molecule has 0 aliphatic heterocycles. The van der Waals surface area contributed by atoms with Gasteiger partial charge in [0.15, 0.2) is 11.6 Å². The summed E-state index contributed by atoms with van der Waals surface area (Å²) in [6.45, 7) is 0. The zero-order chi connectivity index (χ0) is 15.5. The van der Waals surface area contributed by atoms with Gasteiger partial charge in [-0.05, 0) is 24.8 Å². The second-order valence-electron chi connectivity index (χ2n) is 4.92. The van der Waals surface area contributed by atoms with Crippen LogP contribution in [0.1, 0.15) is 24.8 Å². The second kappa shape index (κ2) is 5.88. The van der Waals surface area contributed by atoms with Crippen LogP contribution >= 0.6 is 0 Å². The highest BCUT2D eigenvalue weighted by atomic mass is 16.5. The van der Waals surface area contributed by atoms with Crippen LogP contribution in [0.15, 0.2) is 24.5 Å². The molecule has 0 fully saturated rings. The van der Waals surface area contributed by atoms with Crippen LogP contribution in [-0.4, -0.2) is 22.1 Å². The van der Waals surface area contributed by atoms with E-state index in [1.165, 1.54) is 11.8 Å². The molecule has 0 radical (unpaired) electrons. The number of methoxy groups -OCH3 is 1. The number of hydrogen-bond acceptors (Lipinski definition) is 7. The summed E-state index contributed by atoms with van der Waals surface area (Å²) in [5, 5.41) is 0. The minimum absolute atomic E-state index is 0.107. The van der Waals surface area contributed by atoms with Gasteiger partial charge in [0, 0.05) is 17.8 Å². The van der Waals surface area contributed by atoms with E-state index in [4.69, 9.17) is 20.9 Å². The Kier molecular flexibility index (Phi) is 3.78. The van der Waals surface area contributed by atoms with Gasteiger partial charge in [-0.25, -0.2) is 9.97 Å². The molecular weight excluding hydrogens is 282 g/mol. The lowest BCUT2D eigenvalue weighted by atomic mass is 10.1. The van der Waals surface area contributed by atoms with Gasteiger partial charge >= 0.3 is 0 Å². The van der Waals surface area contributed by atoms with E-state index >= 15 is 0 Å². The van der Waals surface area contributed by atoms with Gasteiger partial charge in [-0.15, -0.1) is 0 Å². The first-order chi connectivity index (χ1) is 10.7. The Morgan fingerprint density at radius 2 is 2.00 bits per heavy atom. The molecule has 2 aromatic rings. The van der Waals surface area contributed by atoms with Crippen molar-refractivity contribution in [1.82, 2.24) is 15.0 Å². The number of rotatable bonds is 4. The third kappa shape index (κ3) is 2.78. The van der Waals surface area contributed by atoms with E-state index in [-0.39, 0.29) is 11.8 Å². The molecule has 3 rings (SSSR count). The monoisotopic (exact) mass is 299 g/mol. The molecule has 2 heterocycles. The molecule has 0 bridgehead atoms. The first-order valence-corrected chi connectivity index (χ1v) is 6.96. The van der Waals surface area contributed by atoms with E-state index < -0.39 is 0 Å². The van der Waals surface area contributed by atoms with Gasteiger partial charge in [0.1, 0.15) is 5.75 Å². The highest BCUT2D eigenvalue weighted by Gasteiger charge is 2.16. The topological polar surface area (TPSA) is 109 Å². The molecule has 2 aromatic heterocycles. The summed E-state index contributed by atoms with van der Waals surface area (Å²) in [6, 6.07) is 1.73. The maximum atomic E-state index is 5.88. The van der Waals surface area contributed by atoms with Crippen molar-refractivity contribution >= 4 is 17.3 Å². The van der Waals surface area contributed by atoms with Gasteiger partial charge in [0.05, 0.1) is 13.3 Å². The lowest BCUT2D eigenvalue weighted by Gasteiger charge is -2.13. The van der Waals surface area contributed by atoms with Crippen molar-refractivity contribution in [3.63, 3.8) is 0 Å². The van der Waals surface area contributed by atoms with E-state index in [0.717, 1.165) is 24.8 Å². The van der Waals surface area contributed by atoms with Crippen LogP contribution in [0.4, 0.5) is 11.8 Å². The van der Waals surface area contributed by atoms with E-state index in [1.54, 1.807) is 19.4 Å². The molecule has 0 unspecified atom stereocenters. The molecule has 7 nitrogen and oxygen atoms in total. The van der Waals surface area contributed by atoms with Crippen molar-refractivity contribution in [3.8, 4) is 17.4 Å². The Hall–Kier alpha value is -2.83. The molecule has 114 valence electrons. The van der Waals surface area contributed by atoms with Gasteiger partial charge in [-0.1, -0.05) is 6.08 Å². The normalized spacial score (nSPS) is 13.8. The van der Waals surface area contributed by atoms with Gasteiger partial charge in [0.2, 0.25) is 11.8 Å². The highest BCUT2D eigenvalue weighted by Crippen LogP contribution is 2.37. The molecule has 0 saturated heterocycles. The Morgan fingerprint density at radius 3 is 2.68 bits per heavy atom. The third-order valence-electron chi connectivity index (χ3n) is 3.46. The van der Waals surface area contributed by atoms with Crippen molar-refractivity contribution in [1.29, 1.82) is 0 Å². The van der Waals surface area contributed by atoms with Gasteiger partial charge < -0.3 is 20.9 Å². The maximum Gasteiger partial charge on any atom is 0.222 e. The molecule has 1 aliphatic rings. The maximum absolute atomic E-state index is 5.88. The lowest BCUT2D eigenvalue weighted by molar-refractivity contribution is 0.392. The van der Waals surface area contributed by atoms with Crippen LogP contribution in [0.5, 0.6) is 17.4 Å². The minimum atomic E-state index is 0.107. The number of nitrogens with zero attached hydrogens (tertiary/aromatic N) is 3. The van der Waals surface area contributed by atoms with Crippen molar-refractivity contribution < 1.29 is 9.47 Å².